The molecule has 0 unspecified atom stereocenters. The van der Waals surface area contributed by atoms with E-state index in [-0.39, 0.29) is 24.7 Å². The fraction of sp³-hybridized carbons (Fsp3) is 0.222. The summed E-state index contributed by atoms with van der Waals surface area (Å²) in [5, 5.41) is 2.33. The van der Waals surface area contributed by atoms with Gasteiger partial charge in [0, 0.05) is 19.5 Å². The topological polar surface area (TPSA) is 58.6 Å². The normalized spacial score (nSPS) is 10.2. The Morgan fingerprint density at radius 3 is 2.36 bits per heavy atom. The number of amides is 2. The van der Waals surface area contributed by atoms with Crippen LogP contribution in [0.2, 0.25) is 0 Å². The van der Waals surface area contributed by atoms with E-state index in [0.717, 1.165) is 17.7 Å². The quantitative estimate of drug-likeness (QED) is 0.873. The van der Waals surface area contributed by atoms with E-state index in [2.05, 4.69) is 5.32 Å². The van der Waals surface area contributed by atoms with Gasteiger partial charge >= 0.3 is 0 Å². The van der Waals surface area contributed by atoms with Crippen LogP contribution in [0.4, 0.5) is 14.5 Å². The molecule has 0 heterocycles. The molecular weight excluding hydrogens is 330 g/mol. The molecule has 0 radical (unpaired) electrons. The molecule has 132 valence electrons. The monoisotopic (exact) mass is 348 g/mol. The molecule has 7 heteroatoms. The number of nitrogens with zero attached hydrogens (tertiary/aromatic N) is 1. The van der Waals surface area contributed by atoms with E-state index in [1.807, 2.05) is 0 Å². The van der Waals surface area contributed by atoms with Gasteiger partial charge in [0.1, 0.15) is 23.9 Å². The molecule has 2 aromatic rings. The molecule has 0 atom stereocenters. The number of nitrogens with one attached hydrogen (secondary N) is 1. The third kappa shape index (κ3) is 5.27. The lowest BCUT2D eigenvalue weighted by atomic mass is 10.2. The average Bonchev–Trinajstić information content (AvgIpc) is 2.57. The molecule has 0 aliphatic heterocycles. The first-order valence-corrected chi connectivity index (χ1v) is 7.52. The summed E-state index contributed by atoms with van der Waals surface area (Å²) in [6, 6.07) is 9.92. The Balaban J connectivity index is 2.02. The smallest absolute Gasteiger partial charge is 0.244 e. The van der Waals surface area contributed by atoms with Crippen LogP contribution in [0.15, 0.2) is 42.5 Å². The van der Waals surface area contributed by atoms with Crippen molar-refractivity contribution in [3.8, 4) is 5.75 Å². The molecule has 1 N–H and O–H groups in total. The highest BCUT2D eigenvalue weighted by Crippen LogP contribution is 2.16. The summed E-state index contributed by atoms with van der Waals surface area (Å²) in [6.07, 6.45) is 0. The maximum absolute atomic E-state index is 13.6. The van der Waals surface area contributed by atoms with Crippen LogP contribution in [-0.2, 0) is 16.1 Å². The molecule has 2 aromatic carbocycles. The number of halogens is 2. The van der Waals surface area contributed by atoms with E-state index in [4.69, 9.17) is 4.74 Å². The third-order valence-electron chi connectivity index (χ3n) is 3.52. The fourth-order valence-electron chi connectivity index (χ4n) is 2.18. The van der Waals surface area contributed by atoms with E-state index in [1.54, 1.807) is 31.4 Å². The number of ether oxygens (including phenoxy) is 1. The van der Waals surface area contributed by atoms with E-state index in [1.165, 1.54) is 11.8 Å². The zero-order chi connectivity index (χ0) is 18.4. The highest BCUT2D eigenvalue weighted by molar-refractivity contribution is 5.94. The maximum atomic E-state index is 13.6. The van der Waals surface area contributed by atoms with Gasteiger partial charge in [-0.2, -0.15) is 0 Å². The molecule has 25 heavy (non-hydrogen) atoms. The molecule has 0 saturated heterocycles. The molecule has 0 saturated carbocycles. The first kappa shape index (κ1) is 18.4. The lowest BCUT2D eigenvalue weighted by Crippen LogP contribution is -2.36. The van der Waals surface area contributed by atoms with Crippen molar-refractivity contribution in [3.05, 3.63) is 59.7 Å². The average molecular weight is 348 g/mol. The van der Waals surface area contributed by atoms with Gasteiger partial charge in [0.2, 0.25) is 11.8 Å². The van der Waals surface area contributed by atoms with Crippen LogP contribution in [-0.4, -0.2) is 30.4 Å². The third-order valence-corrected chi connectivity index (χ3v) is 3.52. The van der Waals surface area contributed by atoms with Gasteiger partial charge in [-0.15, -0.1) is 0 Å². The minimum Gasteiger partial charge on any atom is -0.497 e. The van der Waals surface area contributed by atoms with Crippen molar-refractivity contribution in [1.29, 1.82) is 0 Å². The Labute approximate surface area is 144 Å². The highest BCUT2D eigenvalue weighted by Gasteiger charge is 2.16. The predicted molar refractivity (Wildman–Crippen MR) is 89.1 cm³/mol. The van der Waals surface area contributed by atoms with Crippen molar-refractivity contribution in [2.24, 2.45) is 0 Å². The van der Waals surface area contributed by atoms with Crippen molar-refractivity contribution in [2.45, 2.75) is 13.5 Å². The van der Waals surface area contributed by atoms with Gasteiger partial charge in [0.15, 0.2) is 0 Å². The zero-order valence-electron chi connectivity index (χ0n) is 13.9. The van der Waals surface area contributed by atoms with E-state index < -0.39 is 17.5 Å². The van der Waals surface area contributed by atoms with Crippen molar-refractivity contribution in [3.63, 3.8) is 0 Å². The molecule has 2 rings (SSSR count). The number of hydrogen-bond acceptors (Lipinski definition) is 3. The Morgan fingerprint density at radius 1 is 1.12 bits per heavy atom. The summed E-state index contributed by atoms with van der Waals surface area (Å²) in [5.41, 5.74) is 0.677. The first-order valence-electron chi connectivity index (χ1n) is 7.52. The number of carbonyl (C=O) groups is 2. The van der Waals surface area contributed by atoms with E-state index >= 15 is 0 Å². The second-order valence-corrected chi connectivity index (χ2v) is 5.40. The van der Waals surface area contributed by atoms with Gasteiger partial charge in [-0.3, -0.25) is 9.59 Å². The number of methoxy groups -OCH3 is 1. The molecule has 0 aliphatic rings. The number of carbonyl (C=O) groups excluding carboxylic acids is 2. The van der Waals surface area contributed by atoms with Gasteiger partial charge in [-0.1, -0.05) is 12.1 Å². The summed E-state index contributed by atoms with van der Waals surface area (Å²) in [7, 11) is 1.55. The van der Waals surface area contributed by atoms with Gasteiger partial charge in [0.25, 0.3) is 0 Å². The van der Waals surface area contributed by atoms with Crippen LogP contribution < -0.4 is 10.1 Å². The number of hydrogen-bond donors (Lipinski definition) is 1. The van der Waals surface area contributed by atoms with Crippen LogP contribution in [0.1, 0.15) is 12.5 Å². The Bertz CT molecular complexity index is 763. The molecule has 0 spiro atoms. The lowest BCUT2D eigenvalue weighted by molar-refractivity contribution is -0.133. The van der Waals surface area contributed by atoms with Crippen LogP contribution in [0.5, 0.6) is 5.75 Å². The largest absolute Gasteiger partial charge is 0.497 e. The predicted octanol–water partition coefficient (Wildman–Crippen LogP) is 2.96. The molecule has 2 amide bonds. The molecule has 0 bridgehead atoms. The molecule has 5 nitrogen and oxygen atoms in total. The second-order valence-electron chi connectivity index (χ2n) is 5.40. The summed E-state index contributed by atoms with van der Waals surface area (Å²) in [4.78, 5) is 25.2. The summed E-state index contributed by atoms with van der Waals surface area (Å²) < 4.78 is 31.5. The van der Waals surface area contributed by atoms with Gasteiger partial charge in [-0.05, 0) is 29.8 Å². The van der Waals surface area contributed by atoms with E-state index in [9.17, 15) is 18.4 Å². The lowest BCUT2D eigenvalue weighted by Gasteiger charge is -2.21. The molecule has 0 aromatic heterocycles. The second kappa shape index (κ2) is 8.23. The van der Waals surface area contributed by atoms with Gasteiger partial charge < -0.3 is 15.0 Å². The van der Waals surface area contributed by atoms with Crippen molar-refractivity contribution < 1.29 is 23.1 Å². The first-order chi connectivity index (χ1) is 11.9. The standard InChI is InChI=1S/C18H18F2N2O3/c1-12(23)22(10-13-3-6-15(25-2)7-4-13)11-18(24)21-17-8-5-14(19)9-16(17)20/h3-9H,10-11H2,1-2H3,(H,21,24). The SMILES string of the molecule is COc1ccc(CN(CC(=O)Nc2ccc(F)cc2F)C(C)=O)cc1. The number of benzene rings is 2. The molecular formula is C18H18F2N2O3. The minimum atomic E-state index is -0.877. The fourth-order valence-corrected chi connectivity index (χ4v) is 2.18. The Morgan fingerprint density at radius 2 is 1.80 bits per heavy atom. The molecule has 0 fully saturated rings. The van der Waals surface area contributed by atoms with Crippen LogP contribution in [0, 0.1) is 11.6 Å². The molecule has 0 aliphatic carbocycles. The van der Waals surface area contributed by atoms with Crippen LogP contribution in [0.3, 0.4) is 0 Å². The Hall–Kier alpha value is -2.96. The maximum Gasteiger partial charge on any atom is 0.244 e. The van der Waals surface area contributed by atoms with Crippen molar-refractivity contribution >= 4 is 17.5 Å². The summed E-state index contributed by atoms with van der Waals surface area (Å²) in [5.74, 6) is -1.80. The zero-order valence-corrected chi connectivity index (χ0v) is 13.9. The van der Waals surface area contributed by atoms with Crippen LogP contribution >= 0.6 is 0 Å². The van der Waals surface area contributed by atoms with Crippen LogP contribution in [0.25, 0.3) is 0 Å². The van der Waals surface area contributed by atoms with Crippen molar-refractivity contribution in [1.82, 2.24) is 4.90 Å². The number of rotatable bonds is 6. The van der Waals surface area contributed by atoms with Gasteiger partial charge in [-0.25, -0.2) is 8.78 Å². The highest BCUT2D eigenvalue weighted by atomic mass is 19.1. The Kier molecular flexibility index (Phi) is 6.05. The summed E-state index contributed by atoms with van der Waals surface area (Å²) >= 11 is 0. The summed E-state index contributed by atoms with van der Waals surface area (Å²) in [6.45, 7) is 1.31. The number of anilines is 1. The minimum absolute atomic E-state index is 0.139. The van der Waals surface area contributed by atoms with E-state index in [0.29, 0.717) is 11.8 Å². The van der Waals surface area contributed by atoms with Crippen molar-refractivity contribution in [2.75, 3.05) is 19.0 Å². The van der Waals surface area contributed by atoms with Gasteiger partial charge in [0.05, 0.1) is 12.8 Å².